The molecular weight excluding hydrogens is 306 g/mol. The Hall–Kier alpha value is -2.34. The lowest BCUT2D eigenvalue weighted by molar-refractivity contribution is 0.0914. The summed E-state index contributed by atoms with van der Waals surface area (Å²) in [6, 6.07) is 7.11. The van der Waals surface area contributed by atoms with Gasteiger partial charge in [-0.15, -0.1) is 0 Å². The summed E-state index contributed by atoms with van der Waals surface area (Å²) in [5, 5.41) is 17.4. The van der Waals surface area contributed by atoms with E-state index in [1.807, 2.05) is 20.8 Å². The van der Waals surface area contributed by atoms with Crippen LogP contribution in [0.1, 0.15) is 48.5 Å². The van der Waals surface area contributed by atoms with E-state index in [0.29, 0.717) is 5.56 Å². The predicted molar refractivity (Wildman–Crippen MR) is 92.2 cm³/mol. The van der Waals surface area contributed by atoms with Crippen molar-refractivity contribution in [3.63, 3.8) is 0 Å². The number of rotatable bonds is 5. The van der Waals surface area contributed by atoms with E-state index in [9.17, 15) is 9.90 Å². The van der Waals surface area contributed by atoms with Crippen molar-refractivity contribution in [3.05, 3.63) is 47.3 Å². The molecule has 0 saturated heterocycles. The summed E-state index contributed by atoms with van der Waals surface area (Å²) in [6.07, 6.45) is 0.921. The minimum Gasteiger partial charge on any atom is -0.497 e. The first-order chi connectivity index (χ1) is 11.2. The predicted octanol–water partition coefficient (Wildman–Crippen LogP) is 2.19. The molecule has 6 heteroatoms. The second-order valence-electron chi connectivity index (χ2n) is 6.81. The van der Waals surface area contributed by atoms with Crippen molar-refractivity contribution in [3.8, 4) is 5.75 Å². The van der Waals surface area contributed by atoms with E-state index in [0.717, 1.165) is 17.0 Å². The first-order valence-corrected chi connectivity index (χ1v) is 7.86. The van der Waals surface area contributed by atoms with Crippen LogP contribution in [0.25, 0.3) is 0 Å². The van der Waals surface area contributed by atoms with Crippen LogP contribution in [0.2, 0.25) is 0 Å². The SMILES string of the molecule is COc1ccc(C(O)CNC(=O)c2cn(C)nc2C(C)(C)C)cc1. The number of aromatic nitrogens is 2. The molecule has 0 saturated carbocycles. The first kappa shape index (κ1) is 18.0. The summed E-state index contributed by atoms with van der Waals surface area (Å²) in [4.78, 5) is 12.5. The fourth-order valence-electron chi connectivity index (χ4n) is 2.44. The van der Waals surface area contributed by atoms with Gasteiger partial charge in [0.2, 0.25) is 0 Å². The molecule has 1 unspecified atom stereocenters. The number of amides is 1. The Morgan fingerprint density at radius 1 is 1.33 bits per heavy atom. The highest BCUT2D eigenvalue weighted by atomic mass is 16.5. The topological polar surface area (TPSA) is 76.4 Å². The summed E-state index contributed by atoms with van der Waals surface area (Å²) < 4.78 is 6.73. The third-order valence-electron chi connectivity index (χ3n) is 3.74. The van der Waals surface area contributed by atoms with Gasteiger partial charge in [-0.3, -0.25) is 9.48 Å². The van der Waals surface area contributed by atoms with Crippen LogP contribution in [0.4, 0.5) is 0 Å². The van der Waals surface area contributed by atoms with Crippen LogP contribution in [-0.4, -0.2) is 34.4 Å². The molecule has 0 spiro atoms. The zero-order valence-electron chi connectivity index (χ0n) is 14.8. The number of hydrogen-bond acceptors (Lipinski definition) is 4. The van der Waals surface area contributed by atoms with Gasteiger partial charge in [0.1, 0.15) is 5.75 Å². The molecule has 0 aliphatic carbocycles. The summed E-state index contributed by atoms with van der Waals surface area (Å²) >= 11 is 0. The van der Waals surface area contributed by atoms with Gasteiger partial charge in [-0.25, -0.2) is 0 Å². The van der Waals surface area contributed by atoms with Gasteiger partial charge in [0.25, 0.3) is 5.91 Å². The number of benzene rings is 1. The molecule has 1 aromatic carbocycles. The van der Waals surface area contributed by atoms with Crippen LogP contribution in [0.3, 0.4) is 0 Å². The van der Waals surface area contributed by atoms with Crippen LogP contribution < -0.4 is 10.1 Å². The second kappa shape index (κ2) is 7.05. The van der Waals surface area contributed by atoms with E-state index in [4.69, 9.17) is 4.74 Å². The quantitative estimate of drug-likeness (QED) is 0.880. The number of methoxy groups -OCH3 is 1. The summed E-state index contributed by atoms with van der Waals surface area (Å²) in [5.41, 5.74) is 1.76. The molecule has 0 aliphatic rings. The standard InChI is InChI=1S/C18H25N3O3/c1-18(2,3)16-14(11-21(4)20-16)17(23)19-10-15(22)12-6-8-13(24-5)9-7-12/h6-9,11,15,22H,10H2,1-5H3,(H,19,23). The fraction of sp³-hybridized carbons (Fsp3) is 0.444. The molecule has 6 nitrogen and oxygen atoms in total. The number of carbonyl (C=O) groups excluding carboxylic acids is 1. The Morgan fingerprint density at radius 3 is 2.50 bits per heavy atom. The number of ether oxygens (including phenoxy) is 1. The largest absolute Gasteiger partial charge is 0.497 e. The lowest BCUT2D eigenvalue weighted by atomic mass is 9.89. The number of aliphatic hydroxyl groups excluding tert-OH is 1. The van der Waals surface area contributed by atoms with Gasteiger partial charge < -0.3 is 15.2 Å². The molecule has 1 amide bonds. The van der Waals surface area contributed by atoms with Crippen molar-refractivity contribution in [2.75, 3.05) is 13.7 Å². The number of nitrogens with zero attached hydrogens (tertiary/aromatic N) is 2. The molecule has 2 N–H and O–H groups in total. The van der Waals surface area contributed by atoms with Crippen molar-refractivity contribution in [1.82, 2.24) is 15.1 Å². The van der Waals surface area contributed by atoms with Crippen LogP contribution in [-0.2, 0) is 12.5 Å². The van der Waals surface area contributed by atoms with E-state index >= 15 is 0 Å². The van der Waals surface area contributed by atoms with Gasteiger partial charge in [-0.05, 0) is 17.7 Å². The first-order valence-electron chi connectivity index (χ1n) is 7.86. The highest BCUT2D eigenvalue weighted by Crippen LogP contribution is 2.24. The van der Waals surface area contributed by atoms with Gasteiger partial charge in [-0.1, -0.05) is 32.9 Å². The zero-order valence-corrected chi connectivity index (χ0v) is 14.8. The number of aliphatic hydroxyl groups is 1. The Kier molecular flexibility index (Phi) is 5.29. The minimum absolute atomic E-state index is 0.129. The van der Waals surface area contributed by atoms with Crippen molar-refractivity contribution in [2.45, 2.75) is 32.3 Å². The van der Waals surface area contributed by atoms with Crippen molar-refractivity contribution in [1.29, 1.82) is 0 Å². The molecule has 0 radical (unpaired) electrons. The average Bonchev–Trinajstić information content (AvgIpc) is 2.94. The Morgan fingerprint density at radius 2 is 1.96 bits per heavy atom. The molecule has 1 aromatic heterocycles. The normalized spacial score (nSPS) is 12.8. The van der Waals surface area contributed by atoms with Gasteiger partial charge in [0.05, 0.1) is 24.5 Å². The van der Waals surface area contributed by atoms with Gasteiger partial charge >= 0.3 is 0 Å². The lowest BCUT2D eigenvalue weighted by Gasteiger charge is -2.18. The van der Waals surface area contributed by atoms with Crippen molar-refractivity contribution >= 4 is 5.91 Å². The molecule has 1 heterocycles. The summed E-state index contributed by atoms with van der Waals surface area (Å²) in [6.45, 7) is 6.17. The monoisotopic (exact) mass is 331 g/mol. The average molecular weight is 331 g/mol. The molecule has 2 rings (SSSR count). The third-order valence-corrected chi connectivity index (χ3v) is 3.74. The highest BCUT2D eigenvalue weighted by Gasteiger charge is 2.25. The van der Waals surface area contributed by atoms with Crippen LogP contribution in [0.15, 0.2) is 30.5 Å². The molecule has 0 fully saturated rings. The highest BCUT2D eigenvalue weighted by molar-refractivity contribution is 5.95. The maximum atomic E-state index is 12.5. The van der Waals surface area contributed by atoms with E-state index in [-0.39, 0.29) is 17.9 Å². The Labute approximate surface area is 142 Å². The maximum absolute atomic E-state index is 12.5. The maximum Gasteiger partial charge on any atom is 0.254 e. The molecule has 0 aliphatic heterocycles. The number of hydrogen-bond donors (Lipinski definition) is 2. The van der Waals surface area contributed by atoms with E-state index in [2.05, 4.69) is 10.4 Å². The van der Waals surface area contributed by atoms with E-state index in [1.54, 1.807) is 49.3 Å². The van der Waals surface area contributed by atoms with Gasteiger partial charge in [0.15, 0.2) is 0 Å². The molecule has 24 heavy (non-hydrogen) atoms. The third kappa shape index (κ3) is 4.14. The van der Waals surface area contributed by atoms with Gasteiger partial charge in [0, 0.05) is 25.2 Å². The second-order valence-corrected chi connectivity index (χ2v) is 6.81. The van der Waals surface area contributed by atoms with Gasteiger partial charge in [-0.2, -0.15) is 5.10 Å². The smallest absolute Gasteiger partial charge is 0.254 e. The van der Waals surface area contributed by atoms with E-state index in [1.165, 1.54) is 0 Å². The summed E-state index contributed by atoms with van der Waals surface area (Å²) in [5.74, 6) is 0.487. The zero-order chi connectivity index (χ0) is 17.9. The number of aryl methyl sites for hydroxylation is 1. The van der Waals surface area contributed by atoms with Crippen LogP contribution >= 0.6 is 0 Å². The van der Waals surface area contributed by atoms with Crippen LogP contribution in [0, 0.1) is 0 Å². The van der Waals surface area contributed by atoms with Crippen molar-refractivity contribution in [2.24, 2.45) is 7.05 Å². The number of nitrogens with one attached hydrogen (secondary N) is 1. The lowest BCUT2D eigenvalue weighted by Crippen LogP contribution is -2.30. The fourth-order valence-corrected chi connectivity index (χ4v) is 2.44. The Balaban J connectivity index is 2.05. The van der Waals surface area contributed by atoms with Crippen molar-refractivity contribution < 1.29 is 14.6 Å². The molecule has 0 bridgehead atoms. The molecule has 130 valence electrons. The summed E-state index contributed by atoms with van der Waals surface area (Å²) in [7, 11) is 3.38. The minimum atomic E-state index is -0.783. The number of carbonyl (C=O) groups is 1. The van der Waals surface area contributed by atoms with Crippen LogP contribution in [0.5, 0.6) is 5.75 Å². The Bertz CT molecular complexity index is 699. The molecule has 1 atom stereocenters. The molecule has 2 aromatic rings. The molecular formula is C18H25N3O3. The van der Waals surface area contributed by atoms with E-state index < -0.39 is 6.10 Å².